The molecule has 0 amide bonds. The van der Waals surface area contributed by atoms with Gasteiger partial charge >= 0.3 is 5.97 Å². The van der Waals surface area contributed by atoms with E-state index in [1.807, 2.05) is 0 Å². The summed E-state index contributed by atoms with van der Waals surface area (Å²) in [6, 6.07) is 1.10. The largest absolute Gasteiger partial charge is 0.481 e. The molecule has 1 unspecified atom stereocenters. The topological polar surface area (TPSA) is 79.1 Å². The number of rotatable bonds is 3. The number of aromatic amines is 1. The van der Waals surface area contributed by atoms with Gasteiger partial charge in [-0.1, -0.05) is 11.6 Å². The number of hydrogen-bond donors (Lipinski definition) is 3. The van der Waals surface area contributed by atoms with Gasteiger partial charge in [0.15, 0.2) is 0 Å². The molecular formula is C7H9ClN2O2. The monoisotopic (exact) mass is 188 g/mol. The summed E-state index contributed by atoms with van der Waals surface area (Å²) in [6.07, 6.45) is 1.47. The molecule has 0 radical (unpaired) electrons. The third kappa shape index (κ3) is 2.25. The Morgan fingerprint density at radius 2 is 2.50 bits per heavy atom. The van der Waals surface area contributed by atoms with Gasteiger partial charge in [0.2, 0.25) is 0 Å². The highest BCUT2D eigenvalue weighted by atomic mass is 35.5. The summed E-state index contributed by atoms with van der Waals surface area (Å²) >= 11 is 5.61. The number of carboxylic acid groups (broad SMARTS) is 1. The molecule has 0 aliphatic rings. The van der Waals surface area contributed by atoms with E-state index < -0.39 is 12.0 Å². The van der Waals surface area contributed by atoms with Crippen LogP contribution in [0.5, 0.6) is 0 Å². The van der Waals surface area contributed by atoms with Crippen molar-refractivity contribution in [2.24, 2.45) is 5.73 Å². The quantitative estimate of drug-likeness (QED) is 0.666. The van der Waals surface area contributed by atoms with E-state index in [0.717, 1.165) is 0 Å². The summed E-state index contributed by atoms with van der Waals surface area (Å²) in [5.74, 6) is -0.923. The van der Waals surface area contributed by atoms with Gasteiger partial charge in [-0.25, -0.2) is 0 Å². The number of nitrogens with one attached hydrogen (secondary N) is 1. The second-order valence-corrected chi connectivity index (χ2v) is 2.91. The molecule has 1 aromatic rings. The average molecular weight is 189 g/mol. The number of aliphatic carboxylic acids is 1. The van der Waals surface area contributed by atoms with E-state index in [0.29, 0.717) is 10.7 Å². The van der Waals surface area contributed by atoms with E-state index >= 15 is 0 Å². The van der Waals surface area contributed by atoms with Crippen LogP contribution in [0.2, 0.25) is 5.02 Å². The van der Waals surface area contributed by atoms with Crippen molar-refractivity contribution in [3.05, 3.63) is 23.0 Å². The Balaban J connectivity index is 2.64. The van der Waals surface area contributed by atoms with Crippen LogP contribution in [0.15, 0.2) is 12.3 Å². The molecule has 0 saturated heterocycles. The molecule has 4 N–H and O–H groups in total. The van der Waals surface area contributed by atoms with Gasteiger partial charge in [0.1, 0.15) is 0 Å². The molecule has 1 rings (SSSR count). The number of H-pyrrole nitrogens is 1. The van der Waals surface area contributed by atoms with Crippen LogP contribution in [0.4, 0.5) is 0 Å². The van der Waals surface area contributed by atoms with Gasteiger partial charge < -0.3 is 15.8 Å². The SMILES string of the molecule is NC(CC(=O)O)c1cc(Cl)c[nH]1. The molecule has 0 bridgehead atoms. The number of aromatic nitrogens is 1. The van der Waals surface area contributed by atoms with E-state index in [2.05, 4.69) is 4.98 Å². The summed E-state index contributed by atoms with van der Waals surface area (Å²) < 4.78 is 0. The fourth-order valence-corrected chi connectivity index (χ4v) is 1.07. The summed E-state index contributed by atoms with van der Waals surface area (Å²) in [6.45, 7) is 0. The molecule has 0 fully saturated rings. The summed E-state index contributed by atoms with van der Waals surface area (Å²) in [4.78, 5) is 13.1. The summed E-state index contributed by atoms with van der Waals surface area (Å²) in [5.41, 5.74) is 6.18. The lowest BCUT2D eigenvalue weighted by atomic mass is 10.1. The van der Waals surface area contributed by atoms with Gasteiger partial charge in [0.05, 0.1) is 17.5 Å². The molecule has 4 nitrogen and oxygen atoms in total. The van der Waals surface area contributed by atoms with Crippen molar-refractivity contribution in [1.82, 2.24) is 4.98 Å². The van der Waals surface area contributed by atoms with Crippen LogP contribution in [0.25, 0.3) is 0 Å². The van der Waals surface area contributed by atoms with Crippen molar-refractivity contribution >= 4 is 17.6 Å². The van der Waals surface area contributed by atoms with Gasteiger partial charge in [-0.2, -0.15) is 0 Å². The standard InChI is InChI=1S/C7H9ClN2O2/c8-4-1-6(10-3-4)5(9)2-7(11)12/h1,3,5,10H,2,9H2,(H,11,12). The third-order valence-electron chi connectivity index (χ3n) is 1.46. The van der Waals surface area contributed by atoms with Gasteiger partial charge in [0.25, 0.3) is 0 Å². The minimum atomic E-state index is -0.923. The number of hydrogen-bond acceptors (Lipinski definition) is 2. The highest BCUT2D eigenvalue weighted by molar-refractivity contribution is 6.30. The first kappa shape index (κ1) is 9.09. The first-order valence-corrected chi connectivity index (χ1v) is 3.78. The Morgan fingerprint density at radius 3 is 2.92 bits per heavy atom. The summed E-state index contributed by atoms with van der Waals surface area (Å²) in [5, 5.41) is 8.96. The average Bonchev–Trinajstić information content (AvgIpc) is 2.34. The number of nitrogens with two attached hydrogens (primary N) is 1. The van der Waals surface area contributed by atoms with Gasteiger partial charge in [0, 0.05) is 11.9 Å². The highest BCUT2D eigenvalue weighted by Crippen LogP contribution is 2.16. The van der Waals surface area contributed by atoms with Crippen LogP contribution in [0.1, 0.15) is 18.2 Å². The molecule has 1 atom stereocenters. The maximum atomic E-state index is 10.3. The molecule has 0 aromatic carbocycles. The van der Waals surface area contributed by atoms with Crippen LogP contribution in [0.3, 0.4) is 0 Å². The van der Waals surface area contributed by atoms with Crippen molar-refractivity contribution in [2.45, 2.75) is 12.5 Å². The van der Waals surface area contributed by atoms with Crippen LogP contribution < -0.4 is 5.73 Å². The Labute approximate surface area is 74.3 Å². The first-order valence-electron chi connectivity index (χ1n) is 3.41. The zero-order valence-corrected chi connectivity index (χ0v) is 7.01. The molecule has 0 aliphatic heterocycles. The molecule has 0 aliphatic carbocycles. The van der Waals surface area contributed by atoms with Crippen molar-refractivity contribution in [3.63, 3.8) is 0 Å². The van der Waals surface area contributed by atoms with Crippen molar-refractivity contribution in [1.29, 1.82) is 0 Å². The molecule has 1 aromatic heterocycles. The van der Waals surface area contributed by atoms with E-state index in [1.165, 1.54) is 0 Å². The van der Waals surface area contributed by atoms with Crippen molar-refractivity contribution < 1.29 is 9.90 Å². The lowest BCUT2D eigenvalue weighted by Gasteiger charge is -2.04. The van der Waals surface area contributed by atoms with Crippen LogP contribution in [0, 0.1) is 0 Å². The van der Waals surface area contributed by atoms with E-state index in [-0.39, 0.29) is 6.42 Å². The molecule has 5 heteroatoms. The van der Waals surface area contributed by atoms with Crippen molar-refractivity contribution in [2.75, 3.05) is 0 Å². The Kier molecular flexibility index (Phi) is 2.73. The molecular weight excluding hydrogens is 180 g/mol. The maximum Gasteiger partial charge on any atom is 0.305 e. The smallest absolute Gasteiger partial charge is 0.305 e. The second-order valence-electron chi connectivity index (χ2n) is 2.48. The van der Waals surface area contributed by atoms with E-state index in [9.17, 15) is 4.79 Å². The fraction of sp³-hybridized carbons (Fsp3) is 0.286. The Bertz CT molecular complexity index is 285. The zero-order chi connectivity index (χ0) is 9.14. The lowest BCUT2D eigenvalue weighted by Crippen LogP contribution is -2.15. The Morgan fingerprint density at radius 1 is 1.83 bits per heavy atom. The number of halogens is 1. The highest BCUT2D eigenvalue weighted by Gasteiger charge is 2.11. The normalized spacial score (nSPS) is 12.8. The first-order chi connectivity index (χ1) is 5.59. The molecule has 66 valence electrons. The molecule has 1 heterocycles. The molecule has 0 saturated carbocycles. The Hall–Kier alpha value is -1.00. The predicted molar refractivity (Wildman–Crippen MR) is 45.0 cm³/mol. The van der Waals surface area contributed by atoms with Gasteiger partial charge in [-0.05, 0) is 6.07 Å². The lowest BCUT2D eigenvalue weighted by molar-refractivity contribution is -0.137. The predicted octanol–water partition coefficient (Wildman–Crippen LogP) is 1.14. The zero-order valence-electron chi connectivity index (χ0n) is 6.25. The van der Waals surface area contributed by atoms with Crippen molar-refractivity contribution in [3.8, 4) is 0 Å². The molecule has 12 heavy (non-hydrogen) atoms. The fourth-order valence-electron chi connectivity index (χ4n) is 0.896. The van der Waals surface area contributed by atoms with Crippen LogP contribution >= 0.6 is 11.6 Å². The maximum absolute atomic E-state index is 10.3. The van der Waals surface area contributed by atoms with Gasteiger partial charge in [-0.15, -0.1) is 0 Å². The van der Waals surface area contributed by atoms with Gasteiger partial charge in [-0.3, -0.25) is 4.79 Å². The minimum Gasteiger partial charge on any atom is -0.481 e. The minimum absolute atomic E-state index is 0.100. The van der Waals surface area contributed by atoms with E-state index in [1.54, 1.807) is 12.3 Å². The number of carboxylic acids is 1. The van der Waals surface area contributed by atoms with E-state index in [4.69, 9.17) is 22.4 Å². The second kappa shape index (κ2) is 3.60. The molecule has 0 spiro atoms. The van der Waals surface area contributed by atoms with Crippen LogP contribution in [-0.2, 0) is 4.79 Å². The summed E-state index contributed by atoms with van der Waals surface area (Å²) in [7, 11) is 0. The third-order valence-corrected chi connectivity index (χ3v) is 1.68. The number of carbonyl (C=O) groups is 1. The van der Waals surface area contributed by atoms with Crippen LogP contribution in [-0.4, -0.2) is 16.1 Å².